The fourth-order valence-electron chi connectivity index (χ4n) is 4.73. The van der Waals surface area contributed by atoms with Crippen LogP contribution in [0.1, 0.15) is 89.0 Å². The Morgan fingerprint density at radius 1 is 0.952 bits per heavy atom. The Balaban J connectivity index is 2.48. The molecule has 0 saturated heterocycles. The van der Waals surface area contributed by atoms with Gasteiger partial charge in [-0.1, -0.05) is 62.8 Å². The number of hydrogen-bond donors (Lipinski definition) is 3. The Kier molecular flexibility index (Phi) is 13.8. The van der Waals surface area contributed by atoms with E-state index in [0.717, 1.165) is 43.2 Å². The summed E-state index contributed by atoms with van der Waals surface area (Å²) < 4.78 is 10.6. The van der Waals surface area contributed by atoms with E-state index in [0.29, 0.717) is 23.4 Å². The first kappa shape index (κ1) is 34.6. The summed E-state index contributed by atoms with van der Waals surface area (Å²) >= 11 is 0. The number of nitrogens with zero attached hydrogens (tertiary/aromatic N) is 1. The molecule has 0 heterocycles. The van der Waals surface area contributed by atoms with Crippen LogP contribution in [0, 0.1) is 13.8 Å². The number of aliphatic hydroxyl groups excluding tert-OH is 1. The van der Waals surface area contributed by atoms with Crippen molar-refractivity contribution in [1.82, 2.24) is 10.2 Å². The highest BCUT2D eigenvalue weighted by molar-refractivity contribution is 5.99. The van der Waals surface area contributed by atoms with Crippen LogP contribution < -0.4 is 15.4 Å². The molecule has 3 N–H and O–H groups in total. The van der Waals surface area contributed by atoms with Gasteiger partial charge in [0.2, 0.25) is 5.91 Å². The average molecular weight is 584 g/mol. The third-order valence-electron chi connectivity index (χ3n) is 6.84. The molecule has 9 nitrogen and oxygen atoms in total. The van der Waals surface area contributed by atoms with Crippen LogP contribution in [0.4, 0.5) is 10.5 Å². The van der Waals surface area contributed by atoms with Gasteiger partial charge < -0.3 is 30.1 Å². The normalized spacial score (nSPS) is 12.7. The number of unbranched alkanes of at least 4 members (excludes halogenated alkanes) is 5. The predicted molar refractivity (Wildman–Crippen MR) is 166 cm³/mol. The molecule has 2 unspecified atom stereocenters. The Morgan fingerprint density at radius 3 is 2.17 bits per heavy atom. The molecule has 2 aromatic carbocycles. The van der Waals surface area contributed by atoms with Crippen molar-refractivity contribution < 1.29 is 29.0 Å². The summed E-state index contributed by atoms with van der Waals surface area (Å²) in [4.78, 5) is 42.2. The molecule has 0 aromatic heterocycles. The fraction of sp³-hybridized carbons (Fsp3) is 0.545. The largest absolute Gasteiger partial charge is 0.497 e. The van der Waals surface area contributed by atoms with Gasteiger partial charge in [0, 0.05) is 12.2 Å². The van der Waals surface area contributed by atoms with Gasteiger partial charge in [-0.05, 0) is 76.4 Å². The van der Waals surface area contributed by atoms with Crippen LogP contribution in [0.15, 0.2) is 42.5 Å². The van der Waals surface area contributed by atoms with E-state index in [1.807, 2.05) is 32.0 Å². The van der Waals surface area contributed by atoms with E-state index in [-0.39, 0.29) is 6.54 Å². The van der Waals surface area contributed by atoms with Crippen molar-refractivity contribution in [1.29, 1.82) is 0 Å². The zero-order chi connectivity index (χ0) is 31.3. The van der Waals surface area contributed by atoms with E-state index >= 15 is 0 Å². The van der Waals surface area contributed by atoms with Crippen LogP contribution in [0.25, 0.3) is 0 Å². The number of carbonyl (C=O) groups excluding carboxylic acids is 3. The van der Waals surface area contributed by atoms with Gasteiger partial charge in [0.05, 0.1) is 13.7 Å². The zero-order valence-electron chi connectivity index (χ0n) is 26.3. The summed E-state index contributed by atoms with van der Waals surface area (Å²) in [6.45, 7) is 10.8. The van der Waals surface area contributed by atoms with Gasteiger partial charge in [-0.2, -0.15) is 0 Å². The summed E-state index contributed by atoms with van der Waals surface area (Å²) in [6.07, 6.45) is 5.11. The van der Waals surface area contributed by atoms with Crippen molar-refractivity contribution in [3.8, 4) is 5.75 Å². The van der Waals surface area contributed by atoms with Gasteiger partial charge in [0.1, 0.15) is 23.4 Å². The molecule has 0 fully saturated rings. The molecule has 0 aliphatic rings. The molecule has 42 heavy (non-hydrogen) atoms. The second-order valence-electron chi connectivity index (χ2n) is 11.7. The Hall–Kier alpha value is -3.59. The maximum atomic E-state index is 14.1. The summed E-state index contributed by atoms with van der Waals surface area (Å²) in [6, 6.07) is 10.4. The van der Waals surface area contributed by atoms with Crippen molar-refractivity contribution in [2.75, 3.05) is 25.6 Å². The highest BCUT2D eigenvalue weighted by Gasteiger charge is 2.36. The van der Waals surface area contributed by atoms with Crippen LogP contribution in [-0.4, -0.2) is 59.8 Å². The number of nitrogens with one attached hydrogen (secondary N) is 2. The highest BCUT2D eigenvalue weighted by Crippen LogP contribution is 2.29. The lowest BCUT2D eigenvalue weighted by atomic mass is 9.96. The van der Waals surface area contributed by atoms with Crippen molar-refractivity contribution in [3.63, 3.8) is 0 Å². The van der Waals surface area contributed by atoms with Crippen molar-refractivity contribution in [2.24, 2.45) is 0 Å². The van der Waals surface area contributed by atoms with E-state index in [9.17, 15) is 19.5 Å². The minimum Gasteiger partial charge on any atom is -0.497 e. The second-order valence-corrected chi connectivity index (χ2v) is 11.7. The Bertz CT molecular complexity index is 1160. The van der Waals surface area contributed by atoms with Crippen molar-refractivity contribution in [2.45, 2.75) is 97.8 Å². The van der Waals surface area contributed by atoms with Crippen LogP contribution in [0.2, 0.25) is 0 Å². The molecule has 2 aromatic rings. The number of hydrogen-bond acceptors (Lipinski definition) is 6. The molecule has 9 heteroatoms. The monoisotopic (exact) mass is 583 g/mol. The minimum absolute atomic E-state index is 0.269. The summed E-state index contributed by atoms with van der Waals surface area (Å²) in [5, 5.41) is 15.7. The number of anilines is 1. The number of alkyl carbamates (subject to hydrolysis) is 1. The molecule has 0 aliphatic carbocycles. The second kappa shape index (κ2) is 16.8. The van der Waals surface area contributed by atoms with Gasteiger partial charge in [-0.25, -0.2) is 4.79 Å². The number of benzene rings is 2. The topological polar surface area (TPSA) is 117 Å². The van der Waals surface area contributed by atoms with E-state index < -0.39 is 42.2 Å². The number of ether oxygens (including phenoxy) is 2. The molecule has 0 saturated carbocycles. The maximum absolute atomic E-state index is 14.1. The molecule has 3 amide bonds. The fourth-order valence-corrected chi connectivity index (χ4v) is 4.73. The molecule has 0 spiro atoms. The first-order valence-corrected chi connectivity index (χ1v) is 14.8. The Morgan fingerprint density at radius 2 is 1.60 bits per heavy atom. The summed E-state index contributed by atoms with van der Waals surface area (Å²) in [7, 11) is 1.57. The van der Waals surface area contributed by atoms with Crippen molar-refractivity contribution >= 4 is 23.6 Å². The van der Waals surface area contributed by atoms with E-state index in [2.05, 4.69) is 17.6 Å². The Labute approximate surface area is 251 Å². The third kappa shape index (κ3) is 11.0. The summed E-state index contributed by atoms with van der Waals surface area (Å²) in [5.74, 6) is -0.315. The van der Waals surface area contributed by atoms with Crippen LogP contribution in [0.5, 0.6) is 5.75 Å². The first-order chi connectivity index (χ1) is 19.9. The van der Waals surface area contributed by atoms with Gasteiger partial charge in [0.15, 0.2) is 0 Å². The lowest BCUT2D eigenvalue weighted by molar-refractivity contribution is -0.141. The van der Waals surface area contributed by atoms with E-state index in [1.165, 1.54) is 4.90 Å². The molecule has 232 valence electrons. The molecule has 2 rings (SSSR count). The predicted octanol–water partition coefficient (Wildman–Crippen LogP) is 6.07. The third-order valence-corrected chi connectivity index (χ3v) is 6.84. The average Bonchev–Trinajstić information content (AvgIpc) is 2.92. The standard InChI is InChI=1S/C33H49N3O6/c1-8-9-10-11-12-13-20-36(31(39)28(22-37)35-32(40)42-33(4,5)6)29(27-19-14-23(2)21-24(27)3)30(38)34-25-15-17-26(41-7)18-16-25/h14-19,21,28-29,37H,8-13,20,22H2,1-7H3,(H,34,38)(H,35,40). The number of carbonyl (C=O) groups is 3. The minimum atomic E-state index is -1.29. The van der Waals surface area contributed by atoms with Crippen molar-refractivity contribution in [3.05, 3.63) is 59.2 Å². The molecule has 2 atom stereocenters. The lowest BCUT2D eigenvalue weighted by Crippen LogP contribution is -2.54. The highest BCUT2D eigenvalue weighted by atomic mass is 16.6. The van der Waals surface area contributed by atoms with E-state index in [1.54, 1.807) is 52.1 Å². The number of aliphatic hydroxyl groups is 1. The van der Waals surface area contributed by atoms with Gasteiger partial charge in [-0.3, -0.25) is 9.59 Å². The number of methoxy groups -OCH3 is 1. The van der Waals surface area contributed by atoms with Crippen LogP contribution >= 0.6 is 0 Å². The number of rotatable bonds is 15. The quantitative estimate of drug-likeness (QED) is 0.219. The van der Waals surface area contributed by atoms with Gasteiger partial charge in [0.25, 0.3) is 5.91 Å². The smallest absolute Gasteiger partial charge is 0.408 e. The molecule has 0 bridgehead atoms. The maximum Gasteiger partial charge on any atom is 0.408 e. The van der Waals surface area contributed by atoms with Crippen LogP contribution in [-0.2, 0) is 14.3 Å². The lowest BCUT2D eigenvalue weighted by Gasteiger charge is -2.35. The summed E-state index contributed by atoms with van der Waals surface area (Å²) in [5.41, 5.74) is 2.31. The van der Waals surface area contributed by atoms with Gasteiger partial charge in [-0.15, -0.1) is 0 Å². The zero-order valence-corrected chi connectivity index (χ0v) is 26.3. The number of aryl methyl sites for hydroxylation is 2. The van der Waals surface area contributed by atoms with E-state index in [4.69, 9.17) is 9.47 Å². The van der Waals surface area contributed by atoms with Crippen LogP contribution in [0.3, 0.4) is 0 Å². The van der Waals surface area contributed by atoms with Gasteiger partial charge >= 0.3 is 6.09 Å². The molecule has 0 aliphatic heterocycles. The molecular formula is C33H49N3O6. The molecular weight excluding hydrogens is 534 g/mol. The number of amides is 3. The molecule has 0 radical (unpaired) electrons. The SMILES string of the molecule is CCCCCCCCN(C(=O)C(CO)NC(=O)OC(C)(C)C)C(C(=O)Nc1ccc(OC)cc1)c1ccc(C)cc1C. The first-order valence-electron chi connectivity index (χ1n) is 14.8.